The SMILES string of the molecule is CC/C=C/C=C/C=C/CCCCCCCC(=O)OC(COC(=O)CCCCC/C=C/C=C/CCCC)CO[C@H]1O[C@H](CS(=O)(=O)O)[C@@H](O)C(O)C1O. The molecule has 52 heavy (non-hydrogen) atoms. The van der Waals surface area contributed by atoms with Crippen LogP contribution < -0.4 is 0 Å². The van der Waals surface area contributed by atoms with Crippen molar-refractivity contribution in [2.75, 3.05) is 19.0 Å². The smallest absolute Gasteiger partial charge is 0.306 e. The first-order valence-corrected chi connectivity index (χ1v) is 20.5. The van der Waals surface area contributed by atoms with Crippen LogP contribution in [0.3, 0.4) is 0 Å². The molecular weight excluding hydrogens is 692 g/mol. The number of esters is 2. The number of carbonyl (C=O) groups is 2. The lowest BCUT2D eigenvalue weighted by molar-refractivity contribution is -0.297. The van der Waals surface area contributed by atoms with E-state index in [2.05, 4.69) is 44.2 Å². The number of rotatable bonds is 29. The largest absolute Gasteiger partial charge is 0.462 e. The standard InChI is InChI=1S/C39H64O12S/c1-3-5-7-9-11-13-15-16-18-20-22-24-26-28-35(41)50-32(29-48-34(40)27-25-23-21-19-17-14-12-10-8-6-4-2)30-49-39-38(44)37(43)36(42)33(51-39)31-52(45,46)47/h5,7,9-15,17,32-33,36-39,42-44H,3-4,6,8,16,18-31H2,1-2H3,(H,45,46,47)/b7-5+,11-9+,12-10+,15-13+,17-14+/t32?,33-,36-,37?,38?,39+/m1/s1. The van der Waals surface area contributed by atoms with Crippen molar-refractivity contribution in [3.63, 3.8) is 0 Å². The average molecular weight is 757 g/mol. The number of aliphatic hydroxyl groups is 3. The van der Waals surface area contributed by atoms with E-state index in [9.17, 15) is 37.9 Å². The molecule has 0 radical (unpaired) electrons. The van der Waals surface area contributed by atoms with Gasteiger partial charge in [-0.1, -0.05) is 113 Å². The first kappa shape index (κ1) is 47.4. The molecule has 1 rings (SSSR count). The van der Waals surface area contributed by atoms with Gasteiger partial charge in [0.15, 0.2) is 12.4 Å². The third-order valence-electron chi connectivity index (χ3n) is 8.17. The van der Waals surface area contributed by atoms with Gasteiger partial charge < -0.3 is 34.3 Å². The highest BCUT2D eigenvalue weighted by atomic mass is 32.2. The Hall–Kier alpha value is -2.65. The average Bonchev–Trinajstić information content (AvgIpc) is 3.10. The molecule has 1 saturated heterocycles. The van der Waals surface area contributed by atoms with Gasteiger partial charge in [0, 0.05) is 12.8 Å². The van der Waals surface area contributed by atoms with Crippen molar-refractivity contribution in [2.45, 2.75) is 153 Å². The number of unbranched alkanes of at least 4 members (excludes halogenated alkanes) is 10. The van der Waals surface area contributed by atoms with Crippen LogP contribution in [0.1, 0.15) is 117 Å². The number of ether oxygens (including phenoxy) is 4. The van der Waals surface area contributed by atoms with Crippen LogP contribution in [0, 0.1) is 0 Å². The Labute approximate surface area is 311 Å². The maximum absolute atomic E-state index is 12.7. The van der Waals surface area contributed by atoms with Gasteiger partial charge in [-0.15, -0.1) is 0 Å². The lowest BCUT2D eigenvalue weighted by atomic mass is 10.00. The van der Waals surface area contributed by atoms with Gasteiger partial charge in [-0.2, -0.15) is 8.42 Å². The van der Waals surface area contributed by atoms with Crippen molar-refractivity contribution < 1.29 is 56.8 Å². The summed E-state index contributed by atoms with van der Waals surface area (Å²) < 4.78 is 53.7. The quantitative estimate of drug-likeness (QED) is 0.0293. The second-order valence-corrected chi connectivity index (χ2v) is 14.4. The summed E-state index contributed by atoms with van der Waals surface area (Å²) in [5.41, 5.74) is 0. The molecule has 1 aliphatic heterocycles. The molecule has 0 aromatic heterocycles. The molecule has 0 aliphatic carbocycles. The van der Waals surface area contributed by atoms with Crippen molar-refractivity contribution in [3.8, 4) is 0 Å². The molecule has 0 aromatic rings. The maximum Gasteiger partial charge on any atom is 0.306 e. The van der Waals surface area contributed by atoms with Crippen LogP contribution in [-0.2, 0) is 38.7 Å². The summed E-state index contributed by atoms with van der Waals surface area (Å²) >= 11 is 0. The third kappa shape index (κ3) is 24.6. The molecule has 0 spiro atoms. The van der Waals surface area contributed by atoms with Crippen molar-refractivity contribution in [2.24, 2.45) is 0 Å². The van der Waals surface area contributed by atoms with Crippen molar-refractivity contribution in [1.82, 2.24) is 0 Å². The lowest BCUT2D eigenvalue weighted by Gasteiger charge is -2.40. The highest BCUT2D eigenvalue weighted by Crippen LogP contribution is 2.23. The van der Waals surface area contributed by atoms with Crippen LogP contribution in [-0.4, -0.2) is 96.0 Å². The highest BCUT2D eigenvalue weighted by molar-refractivity contribution is 7.85. The minimum absolute atomic E-state index is 0.132. The second kappa shape index (κ2) is 29.8. The summed E-state index contributed by atoms with van der Waals surface area (Å²) in [7, 11) is -4.60. The zero-order chi connectivity index (χ0) is 38.5. The van der Waals surface area contributed by atoms with Crippen LogP contribution in [0.15, 0.2) is 60.8 Å². The molecule has 1 fully saturated rings. The normalized spacial score (nSPS) is 22.0. The fourth-order valence-electron chi connectivity index (χ4n) is 5.18. The van der Waals surface area contributed by atoms with E-state index in [1.165, 1.54) is 12.8 Å². The Morgan fingerprint density at radius 2 is 1.21 bits per heavy atom. The van der Waals surface area contributed by atoms with Gasteiger partial charge in [0.25, 0.3) is 10.1 Å². The summed E-state index contributed by atoms with van der Waals surface area (Å²) in [5, 5.41) is 30.7. The van der Waals surface area contributed by atoms with Crippen molar-refractivity contribution >= 4 is 22.1 Å². The van der Waals surface area contributed by atoms with Gasteiger partial charge in [-0.3, -0.25) is 14.1 Å². The van der Waals surface area contributed by atoms with Crippen molar-refractivity contribution in [1.29, 1.82) is 0 Å². The first-order chi connectivity index (χ1) is 25.0. The minimum atomic E-state index is -4.60. The summed E-state index contributed by atoms with van der Waals surface area (Å²) in [4.78, 5) is 25.2. The minimum Gasteiger partial charge on any atom is -0.462 e. The number of hydrogen-bond acceptors (Lipinski definition) is 11. The third-order valence-corrected chi connectivity index (χ3v) is 8.92. The maximum atomic E-state index is 12.7. The Balaban J connectivity index is 2.58. The summed E-state index contributed by atoms with van der Waals surface area (Å²) in [5.74, 6) is -2.06. The van der Waals surface area contributed by atoms with Crippen LogP contribution in [0.4, 0.5) is 0 Å². The Kier molecular flexibility index (Phi) is 27.1. The fraction of sp³-hybridized carbons (Fsp3) is 0.692. The van der Waals surface area contributed by atoms with E-state index in [1.54, 1.807) is 0 Å². The van der Waals surface area contributed by atoms with E-state index in [1.807, 2.05) is 30.4 Å². The molecule has 298 valence electrons. The molecule has 0 saturated carbocycles. The Bertz CT molecular complexity index is 1210. The first-order valence-electron chi connectivity index (χ1n) is 18.9. The van der Waals surface area contributed by atoms with E-state index in [-0.39, 0.29) is 19.4 Å². The van der Waals surface area contributed by atoms with Gasteiger partial charge in [0.2, 0.25) is 0 Å². The number of allylic oxidation sites excluding steroid dienone is 10. The zero-order valence-corrected chi connectivity index (χ0v) is 32.0. The molecule has 6 atom stereocenters. The molecule has 1 aliphatic rings. The molecule has 12 nitrogen and oxygen atoms in total. The molecule has 4 N–H and O–H groups in total. The molecule has 0 amide bonds. The van der Waals surface area contributed by atoms with Crippen LogP contribution >= 0.6 is 0 Å². The van der Waals surface area contributed by atoms with Crippen LogP contribution in [0.2, 0.25) is 0 Å². The van der Waals surface area contributed by atoms with E-state index < -0.39 is 71.2 Å². The summed E-state index contributed by atoms with van der Waals surface area (Å²) in [6.07, 6.45) is 24.3. The van der Waals surface area contributed by atoms with Crippen LogP contribution in [0.5, 0.6) is 0 Å². The predicted molar refractivity (Wildman–Crippen MR) is 201 cm³/mol. The van der Waals surface area contributed by atoms with Crippen LogP contribution in [0.25, 0.3) is 0 Å². The predicted octanol–water partition coefficient (Wildman–Crippen LogP) is 6.22. The van der Waals surface area contributed by atoms with Gasteiger partial charge in [-0.25, -0.2) is 0 Å². The van der Waals surface area contributed by atoms with E-state index >= 15 is 0 Å². The van der Waals surface area contributed by atoms with Gasteiger partial charge in [0.05, 0.1) is 6.61 Å². The highest BCUT2D eigenvalue weighted by Gasteiger charge is 2.46. The molecule has 0 aromatic carbocycles. The molecule has 13 heteroatoms. The zero-order valence-electron chi connectivity index (χ0n) is 31.1. The Morgan fingerprint density at radius 3 is 1.83 bits per heavy atom. The van der Waals surface area contributed by atoms with Gasteiger partial charge >= 0.3 is 11.9 Å². The van der Waals surface area contributed by atoms with Gasteiger partial charge in [0.1, 0.15) is 36.8 Å². The molecule has 1 heterocycles. The molecule has 3 unspecified atom stereocenters. The topological polar surface area (TPSA) is 186 Å². The van der Waals surface area contributed by atoms with Crippen molar-refractivity contribution in [3.05, 3.63) is 60.8 Å². The lowest BCUT2D eigenvalue weighted by Crippen LogP contribution is -2.60. The van der Waals surface area contributed by atoms with Gasteiger partial charge in [-0.05, 0) is 51.4 Å². The summed E-state index contributed by atoms with van der Waals surface area (Å²) in [6, 6.07) is 0. The number of aliphatic hydroxyl groups excluding tert-OH is 3. The number of hydrogen-bond donors (Lipinski definition) is 4. The number of carbonyl (C=O) groups excluding carboxylic acids is 2. The van der Waals surface area contributed by atoms with E-state index in [0.717, 1.165) is 64.2 Å². The molecular formula is C39H64O12S. The van der Waals surface area contributed by atoms with E-state index in [4.69, 9.17) is 18.9 Å². The Morgan fingerprint density at radius 1 is 0.673 bits per heavy atom. The fourth-order valence-corrected chi connectivity index (χ4v) is 5.87. The second-order valence-electron chi connectivity index (χ2n) is 12.9. The van der Waals surface area contributed by atoms with E-state index in [0.29, 0.717) is 12.8 Å². The molecule has 0 bridgehead atoms. The summed E-state index contributed by atoms with van der Waals surface area (Å²) in [6.45, 7) is 3.48. The monoisotopic (exact) mass is 756 g/mol.